The maximum Gasteiger partial charge on any atom is 0.196 e. The average Bonchev–Trinajstić information content (AvgIpc) is 3.01. The molecule has 5 heteroatoms. The van der Waals surface area contributed by atoms with Crippen molar-refractivity contribution in [2.24, 2.45) is 0 Å². The van der Waals surface area contributed by atoms with E-state index in [0.29, 0.717) is 0 Å². The Morgan fingerprint density at radius 1 is 1.00 bits per heavy atom. The van der Waals surface area contributed by atoms with Gasteiger partial charge in [-0.15, -0.1) is 10.2 Å². The van der Waals surface area contributed by atoms with E-state index in [1.54, 1.807) is 24.2 Å². The molecule has 22 heavy (non-hydrogen) atoms. The van der Waals surface area contributed by atoms with E-state index >= 15 is 0 Å². The number of unbranched alkanes of at least 4 members (excludes halogenated alkanes) is 1. The Bertz CT molecular complexity index is 710. The van der Waals surface area contributed by atoms with Gasteiger partial charge in [0.05, 0.1) is 0 Å². The molecule has 2 aromatic heterocycles. The van der Waals surface area contributed by atoms with Gasteiger partial charge < -0.3 is 0 Å². The lowest BCUT2D eigenvalue weighted by molar-refractivity contribution is 0.865. The minimum absolute atomic E-state index is 0.854. The quantitative estimate of drug-likeness (QED) is 0.505. The first-order valence-corrected chi connectivity index (χ1v) is 8.42. The fraction of sp³-hybridized carbons (Fsp3) is 0.235. The zero-order chi connectivity index (χ0) is 15.2. The average molecular weight is 310 g/mol. The third-order valence-corrected chi connectivity index (χ3v) is 4.33. The first-order valence-electron chi connectivity index (χ1n) is 7.44. The van der Waals surface area contributed by atoms with Crippen molar-refractivity contribution in [1.29, 1.82) is 0 Å². The Balaban J connectivity index is 2.04. The van der Waals surface area contributed by atoms with Crippen LogP contribution in [0.2, 0.25) is 0 Å². The third kappa shape index (κ3) is 3.20. The minimum atomic E-state index is 0.854. The van der Waals surface area contributed by atoms with E-state index in [1.165, 1.54) is 12.8 Å². The second-order valence-electron chi connectivity index (χ2n) is 4.92. The van der Waals surface area contributed by atoms with E-state index in [4.69, 9.17) is 0 Å². The van der Waals surface area contributed by atoms with Crippen molar-refractivity contribution >= 4 is 11.8 Å². The number of pyridine rings is 1. The van der Waals surface area contributed by atoms with Gasteiger partial charge in [0.1, 0.15) is 0 Å². The normalized spacial score (nSPS) is 10.8. The van der Waals surface area contributed by atoms with E-state index < -0.39 is 0 Å². The number of rotatable bonds is 6. The maximum absolute atomic E-state index is 4.41. The second kappa shape index (κ2) is 7.22. The van der Waals surface area contributed by atoms with Gasteiger partial charge in [-0.3, -0.25) is 9.55 Å². The molecule has 0 aliphatic heterocycles. The smallest absolute Gasteiger partial charge is 0.196 e. The SMILES string of the molecule is CCCCSc1nnc(-c2ccncc2)n1-c1ccccc1. The van der Waals surface area contributed by atoms with E-state index in [-0.39, 0.29) is 0 Å². The fourth-order valence-corrected chi connectivity index (χ4v) is 3.20. The Morgan fingerprint density at radius 2 is 1.77 bits per heavy atom. The summed E-state index contributed by atoms with van der Waals surface area (Å²) < 4.78 is 2.12. The largest absolute Gasteiger partial charge is 0.270 e. The van der Waals surface area contributed by atoms with Crippen LogP contribution >= 0.6 is 11.8 Å². The summed E-state index contributed by atoms with van der Waals surface area (Å²) in [6.45, 7) is 2.20. The Labute approximate surface area is 134 Å². The van der Waals surface area contributed by atoms with E-state index in [9.17, 15) is 0 Å². The van der Waals surface area contributed by atoms with Crippen LogP contribution in [0.1, 0.15) is 19.8 Å². The lowest BCUT2D eigenvalue weighted by Crippen LogP contribution is -1.99. The zero-order valence-electron chi connectivity index (χ0n) is 12.5. The lowest BCUT2D eigenvalue weighted by atomic mass is 10.2. The second-order valence-corrected chi connectivity index (χ2v) is 5.98. The molecule has 0 spiro atoms. The molecule has 0 aliphatic carbocycles. The molecule has 0 aliphatic rings. The molecule has 3 aromatic rings. The molecule has 0 amide bonds. The number of para-hydroxylation sites is 1. The van der Waals surface area contributed by atoms with Gasteiger partial charge in [0.25, 0.3) is 0 Å². The highest BCUT2D eigenvalue weighted by Gasteiger charge is 2.15. The summed E-state index contributed by atoms with van der Waals surface area (Å²) in [7, 11) is 0. The van der Waals surface area contributed by atoms with Gasteiger partial charge in [-0.2, -0.15) is 0 Å². The molecule has 112 valence electrons. The third-order valence-electron chi connectivity index (χ3n) is 3.32. The molecular formula is C17H18N4S. The summed E-state index contributed by atoms with van der Waals surface area (Å²) in [5.74, 6) is 1.91. The van der Waals surface area contributed by atoms with Crippen molar-refractivity contribution < 1.29 is 0 Å². The predicted octanol–water partition coefficient (Wildman–Crippen LogP) is 4.22. The van der Waals surface area contributed by atoms with Crippen molar-refractivity contribution in [3.8, 4) is 17.1 Å². The highest BCUT2D eigenvalue weighted by atomic mass is 32.2. The molecule has 0 atom stereocenters. The van der Waals surface area contributed by atoms with Crippen LogP contribution in [-0.4, -0.2) is 25.5 Å². The van der Waals surface area contributed by atoms with Crippen LogP contribution < -0.4 is 0 Å². The predicted molar refractivity (Wildman–Crippen MR) is 90.2 cm³/mol. The van der Waals surface area contributed by atoms with Gasteiger partial charge in [0, 0.05) is 29.4 Å². The van der Waals surface area contributed by atoms with Crippen LogP contribution in [0.25, 0.3) is 17.1 Å². The van der Waals surface area contributed by atoms with Gasteiger partial charge in [-0.05, 0) is 30.7 Å². The number of hydrogen-bond acceptors (Lipinski definition) is 4. The topological polar surface area (TPSA) is 43.6 Å². The Hall–Kier alpha value is -2.14. The number of thioether (sulfide) groups is 1. The van der Waals surface area contributed by atoms with Crippen LogP contribution in [-0.2, 0) is 0 Å². The summed E-state index contributed by atoms with van der Waals surface area (Å²) in [6.07, 6.45) is 5.92. The van der Waals surface area contributed by atoms with Gasteiger partial charge in [0.2, 0.25) is 0 Å². The van der Waals surface area contributed by atoms with Gasteiger partial charge in [-0.1, -0.05) is 43.3 Å². The summed E-state index contributed by atoms with van der Waals surface area (Å²) in [5, 5.41) is 9.74. The molecule has 4 nitrogen and oxygen atoms in total. The van der Waals surface area contributed by atoms with Crippen LogP contribution in [0, 0.1) is 0 Å². The van der Waals surface area contributed by atoms with Crippen LogP contribution in [0.5, 0.6) is 0 Å². The molecule has 0 radical (unpaired) electrons. The molecule has 0 fully saturated rings. The standard InChI is InChI=1S/C17H18N4S/c1-2-3-13-22-17-20-19-16(14-9-11-18-12-10-14)21(17)15-7-5-4-6-8-15/h4-12H,2-3,13H2,1H3. The lowest BCUT2D eigenvalue weighted by Gasteiger charge is -2.10. The highest BCUT2D eigenvalue weighted by molar-refractivity contribution is 7.99. The monoisotopic (exact) mass is 310 g/mol. The van der Waals surface area contributed by atoms with Crippen molar-refractivity contribution in [2.45, 2.75) is 24.9 Å². The van der Waals surface area contributed by atoms with E-state index in [0.717, 1.165) is 28.0 Å². The van der Waals surface area contributed by atoms with Gasteiger partial charge in [-0.25, -0.2) is 0 Å². The molecule has 0 saturated heterocycles. The number of aromatic nitrogens is 4. The highest BCUT2D eigenvalue weighted by Crippen LogP contribution is 2.27. The first kappa shape index (κ1) is 14.8. The molecule has 0 bridgehead atoms. The molecular weight excluding hydrogens is 292 g/mol. The summed E-state index contributed by atoms with van der Waals surface area (Å²) in [6, 6.07) is 14.2. The van der Waals surface area contributed by atoms with Gasteiger partial charge >= 0.3 is 0 Å². The number of hydrogen-bond donors (Lipinski definition) is 0. The maximum atomic E-state index is 4.41. The first-order chi connectivity index (χ1) is 10.9. The van der Waals surface area contributed by atoms with E-state index in [2.05, 4.69) is 38.8 Å². The zero-order valence-corrected chi connectivity index (χ0v) is 13.3. The van der Waals surface area contributed by atoms with Crippen molar-refractivity contribution in [2.75, 3.05) is 5.75 Å². The number of nitrogens with zero attached hydrogens (tertiary/aromatic N) is 4. The minimum Gasteiger partial charge on any atom is -0.270 e. The summed E-state index contributed by atoms with van der Waals surface area (Å²) >= 11 is 1.76. The van der Waals surface area contributed by atoms with E-state index in [1.807, 2.05) is 30.3 Å². The van der Waals surface area contributed by atoms with Crippen molar-refractivity contribution in [1.82, 2.24) is 19.7 Å². The number of benzene rings is 1. The molecule has 0 saturated carbocycles. The van der Waals surface area contributed by atoms with Crippen LogP contribution in [0.4, 0.5) is 0 Å². The molecule has 0 N–H and O–H groups in total. The summed E-state index contributed by atoms with van der Waals surface area (Å²) in [4.78, 5) is 4.08. The van der Waals surface area contributed by atoms with Crippen LogP contribution in [0.3, 0.4) is 0 Å². The van der Waals surface area contributed by atoms with Crippen molar-refractivity contribution in [3.05, 3.63) is 54.9 Å². The van der Waals surface area contributed by atoms with Crippen molar-refractivity contribution in [3.63, 3.8) is 0 Å². The Kier molecular flexibility index (Phi) is 4.85. The van der Waals surface area contributed by atoms with Gasteiger partial charge in [0.15, 0.2) is 11.0 Å². The fourth-order valence-electron chi connectivity index (χ4n) is 2.17. The molecule has 2 heterocycles. The summed E-state index contributed by atoms with van der Waals surface area (Å²) in [5.41, 5.74) is 2.10. The molecule has 0 unspecified atom stereocenters. The molecule has 3 rings (SSSR count). The molecule has 1 aromatic carbocycles. The van der Waals surface area contributed by atoms with Crippen LogP contribution in [0.15, 0.2) is 60.0 Å². The Morgan fingerprint density at radius 3 is 2.50 bits per heavy atom.